The van der Waals surface area contributed by atoms with Gasteiger partial charge >= 0.3 is 0 Å². The minimum atomic E-state index is -0.295. The molecule has 2 aromatic heterocycles. The van der Waals surface area contributed by atoms with Crippen LogP contribution in [0.15, 0.2) is 54.9 Å². The summed E-state index contributed by atoms with van der Waals surface area (Å²) in [7, 11) is 5.06. The Hall–Kier alpha value is -3.65. The zero-order valence-corrected chi connectivity index (χ0v) is 18.5. The van der Waals surface area contributed by atoms with Crippen molar-refractivity contribution in [1.82, 2.24) is 14.5 Å². The lowest BCUT2D eigenvalue weighted by atomic mass is 10.1. The zero-order chi connectivity index (χ0) is 22.0. The molecule has 0 saturated carbocycles. The van der Waals surface area contributed by atoms with Crippen LogP contribution in [-0.2, 0) is 7.05 Å². The summed E-state index contributed by atoms with van der Waals surface area (Å²) in [6, 6.07) is 13.2. The molecular weight excluding hydrogens is 412 g/mol. The Bertz CT molecular complexity index is 1210. The van der Waals surface area contributed by atoms with Crippen molar-refractivity contribution in [3.8, 4) is 33.5 Å². The Morgan fingerprint density at radius 3 is 2.35 bits per heavy atom. The lowest BCUT2D eigenvalue weighted by Crippen LogP contribution is -2.12. The lowest BCUT2D eigenvalue weighted by Gasteiger charge is -2.12. The lowest BCUT2D eigenvalue weighted by molar-refractivity contribution is 0.102. The fraction of sp³-hybridized carbons (Fsp3) is 0.174. The molecule has 0 fully saturated rings. The van der Waals surface area contributed by atoms with Crippen molar-refractivity contribution in [2.24, 2.45) is 7.05 Å². The summed E-state index contributed by atoms with van der Waals surface area (Å²) in [6.07, 6.45) is 3.62. The number of amides is 1. The van der Waals surface area contributed by atoms with Crippen LogP contribution in [0, 0.1) is 6.92 Å². The summed E-state index contributed by atoms with van der Waals surface area (Å²) in [5.41, 5.74) is 2.98. The summed E-state index contributed by atoms with van der Waals surface area (Å²) in [5, 5.41) is 3.40. The van der Waals surface area contributed by atoms with Crippen LogP contribution in [0.5, 0.6) is 11.5 Å². The van der Waals surface area contributed by atoms with E-state index in [0.29, 0.717) is 22.2 Å². The highest BCUT2D eigenvalue weighted by molar-refractivity contribution is 7.19. The maximum Gasteiger partial charge on any atom is 0.257 e. The fourth-order valence-electron chi connectivity index (χ4n) is 3.29. The van der Waals surface area contributed by atoms with E-state index in [-0.39, 0.29) is 5.91 Å². The van der Waals surface area contributed by atoms with E-state index in [1.807, 2.05) is 55.1 Å². The van der Waals surface area contributed by atoms with Gasteiger partial charge in [0.25, 0.3) is 5.91 Å². The summed E-state index contributed by atoms with van der Waals surface area (Å²) in [4.78, 5) is 23.1. The largest absolute Gasteiger partial charge is 0.496 e. The molecule has 4 rings (SSSR count). The normalized spacial score (nSPS) is 10.7. The Labute approximate surface area is 184 Å². The first-order chi connectivity index (χ1) is 15.0. The van der Waals surface area contributed by atoms with E-state index in [0.717, 1.165) is 27.5 Å². The van der Waals surface area contributed by atoms with Crippen molar-refractivity contribution in [2.45, 2.75) is 6.92 Å². The second-order valence-electron chi connectivity index (χ2n) is 6.88. The summed E-state index contributed by atoms with van der Waals surface area (Å²) >= 11 is 1.38. The van der Waals surface area contributed by atoms with Gasteiger partial charge in [-0.1, -0.05) is 41.7 Å². The van der Waals surface area contributed by atoms with Crippen LogP contribution in [0.25, 0.3) is 22.0 Å². The van der Waals surface area contributed by atoms with E-state index in [9.17, 15) is 4.79 Å². The molecule has 0 aliphatic rings. The van der Waals surface area contributed by atoms with Gasteiger partial charge in [0.05, 0.1) is 24.8 Å². The number of imidazole rings is 1. The van der Waals surface area contributed by atoms with Crippen LogP contribution in [0.3, 0.4) is 0 Å². The second-order valence-corrected chi connectivity index (χ2v) is 7.88. The molecule has 31 heavy (non-hydrogen) atoms. The molecular formula is C23H22N4O3S. The van der Waals surface area contributed by atoms with Crippen LogP contribution in [-0.4, -0.2) is 34.7 Å². The number of nitrogens with zero attached hydrogens (tertiary/aromatic N) is 3. The van der Waals surface area contributed by atoms with Gasteiger partial charge in [0, 0.05) is 36.1 Å². The van der Waals surface area contributed by atoms with E-state index in [2.05, 4.69) is 10.3 Å². The smallest absolute Gasteiger partial charge is 0.257 e. The Morgan fingerprint density at radius 1 is 1.10 bits per heavy atom. The predicted octanol–water partition coefficient (Wildman–Crippen LogP) is 4.79. The Morgan fingerprint density at radius 2 is 1.77 bits per heavy atom. The number of aryl methyl sites for hydroxylation is 1. The van der Waals surface area contributed by atoms with E-state index in [4.69, 9.17) is 14.5 Å². The quantitative estimate of drug-likeness (QED) is 0.472. The van der Waals surface area contributed by atoms with Crippen molar-refractivity contribution in [2.75, 3.05) is 19.5 Å². The van der Waals surface area contributed by atoms with Gasteiger partial charge in [-0.05, 0) is 19.1 Å². The molecule has 2 heterocycles. The molecule has 4 aromatic rings. The number of rotatable bonds is 6. The van der Waals surface area contributed by atoms with Crippen molar-refractivity contribution >= 4 is 22.4 Å². The molecule has 7 nitrogen and oxygen atoms in total. The van der Waals surface area contributed by atoms with Gasteiger partial charge < -0.3 is 14.0 Å². The minimum Gasteiger partial charge on any atom is -0.496 e. The van der Waals surface area contributed by atoms with Crippen molar-refractivity contribution < 1.29 is 14.3 Å². The van der Waals surface area contributed by atoms with Gasteiger partial charge in [0.1, 0.15) is 11.5 Å². The summed E-state index contributed by atoms with van der Waals surface area (Å²) in [5.74, 6) is 1.66. The topological polar surface area (TPSA) is 78.3 Å². The van der Waals surface area contributed by atoms with Crippen LogP contribution in [0.2, 0.25) is 0 Å². The number of methoxy groups -OCH3 is 2. The molecule has 0 unspecified atom stereocenters. The van der Waals surface area contributed by atoms with Crippen LogP contribution < -0.4 is 14.8 Å². The summed E-state index contributed by atoms with van der Waals surface area (Å²) < 4.78 is 12.7. The molecule has 2 aromatic carbocycles. The van der Waals surface area contributed by atoms with Crippen LogP contribution >= 0.6 is 11.3 Å². The Kier molecular flexibility index (Phi) is 5.73. The number of hydrogen-bond acceptors (Lipinski definition) is 6. The van der Waals surface area contributed by atoms with Gasteiger partial charge in [-0.25, -0.2) is 9.97 Å². The highest BCUT2D eigenvalue weighted by Gasteiger charge is 2.20. The number of thiazole rings is 1. The molecule has 158 valence electrons. The molecule has 8 heteroatoms. The summed E-state index contributed by atoms with van der Waals surface area (Å²) in [6.45, 7) is 1.88. The third kappa shape index (κ3) is 4.02. The third-order valence-corrected chi connectivity index (χ3v) is 5.90. The Balaban J connectivity index is 1.72. The SMILES string of the molecule is COc1cc(C(=O)Nc2nc(-c3ccccc3)c(-c3nccn3C)s2)cc(OC)c1C. The number of hydrogen-bond donors (Lipinski definition) is 1. The van der Waals surface area contributed by atoms with Gasteiger partial charge in [-0.2, -0.15) is 0 Å². The van der Waals surface area contributed by atoms with Gasteiger partial charge in [0.15, 0.2) is 11.0 Å². The number of aromatic nitrogens is 3. The van der Waals surface area contributed by atoms with Crippen molar-refractivity contribution in [3.63, 3.8) is 0 Å². The number of nitrogens with one attached hydrogen (secondary N) is 1. The molecule has 0 aliphatic heterocycles. The standard InChI is InChI=1S/C23H22N4O3S/c1-14-17(29-3)12-16(13-18(14)30-4)22(28)26-23-25-19(15-8-6-5-7-9-15)20(31-23)21-24-10-11-27(21)2/h5-13H,1-4H3,(H,25,26,28). The molecule has 0 spiro atoms. The van der Waals surface area contributed by atoms with Crippen LogP contribution in [0.1, 0.15) is 15.9 Å². The monoisotopic (exact) mass is 434 g/mol. The van der Waals surface area contributed by atoms with Gasteiger partial charge in [-0.3, -0.25) is 10.1 Å². The van der Waals surface area contributed by atoms with E-state index in [1.165, 1.54) is 11.3 Å². The molecule has 0 aliphatic carbocycles. The molecule has 0 bridgehead atoms. The fourth-order valence-corrected chi connectivity index (χ4v) is 4.31. The highest BCUT2D eigenvalue weighted by atomic mass is 32.1. The molecule has 0 saturated heterocycles. The average Bonchev–Trinajstić information content (AvgIpc) is 3.40. The maximum absolute atomic E-state index is 13.0. The number of ether oxygens (including phenoxy) is 2. The average molecular weight is 435 g/mol. The van der Waals surface area contributed by atoms with Crippen molar-refractivity contribution in [1.29, 1.82) is 0 Å². The minimum absolute atomic E-state index is 0.295. The van der Waals surface area contributed by atoms with Crippen molar-refractivity contribution in [3.05, 3.63) is 66.0 Å². The van der Waals surface area contributed by atoms with Crippen LogP contribution in [0.4, 0.5) is 5.13 Å². The molecule has 1 amide bonds. The number of carbonyl (C=O) groups excluding carboxylic acids is 1. The first kappa shape index (κ1) is 20.6. The van der Waals surface area contributed by atoms with Gasteiger partial charge in [-0.15, -0.1) is 0 Å². The van der Waals surface area contributed by atoms with E-state index >= 15 is 0 Å². The number of benzene rings is 2. The van der Waals surface area contributed by atoms with E-state index in [1.54, 1.807) is 32.5 Å². The maximum atomic E-state index is 13.0. The number of anilines is 1. The molecule has 1 N–H and O–H groups in total. The first-order valence-electron chi connectivity index (χ1n) is 9.59. The third-order valence-electron chi connectivity index (χ3n) is 4.93. The molecule has 0 atom stereocenters. The molecule has 0 radical (unpaired) electrons. The number of carbonyl (C=O) groups is 1. The van der Waals surface area contributed by atoms with E-state index < -0.39 is 0 Å². The second kappa shape index (κ2) is 8.61. The zero-order valence-electron chi connectivity index (χ0n) is 17.7. The first-order valence-corrected chi connectivity index (χ1v) is 10.4. The van der Waals surface area contributed by atoms with Gasteiger partial charge in [0.2, 0.25) is 0 Å². The predicted molar refractivity (Wildman–Crippen MR) is 122 cm³/mol. The highest BCUT2D eigenvalue weighted by Crippen LogP contribution is 2.38.